The van der Waals surface area contributed by atoms with E-state index in [1.165, 1.54) is 0 Å². The van der Waals surface area contributed by atoms with E-state index < -0.39 is 0 Å². The molecule has 0 aromatic heterocycles. The number of rotatable bonds is 1. The van der Waals surface area contributed by atoms with Gasteiger partial charge in [0.15, 0.2) is 0 Å². The normalized spacial score (nSPS) is 18.5. The Morgan fingerprint density at radius 3 is 2.69 bits per heavy atom. The van der Waals surface area contributed by atoms with Crippen LogP contribution in [0.2, 0.25) is 0 Å². The van der Waals surface area contributed by atoms with E-state index in [2.05, 4.69) is 9.98 Å². The van der Waals surface area contributed by atoms with Gasteiger partial charge in [-0.2, -0.15) is 0 Å². The smallest absolute Gasteiger partial charge is 0.250 e. The minimum atomic E-state index is 0.339. The van der Waals surface area contributed by atoms with Crippen LogP contribution in [-0.4, -0.2) is 29.0 Å². The van der Waals surface area contributed by atoms with Crippen LogP contribution in [0.4, 0.5) is 5.69 Å². The second-order valence-corrected chi connectivity index (χ2v) is 2.64. The largest absolute Gasteiger partial charge is 0.285 e. The number of hydrogen-bond donors (Lipinski definition) is 1. The molecule has 1 N–H and O–H groups in total. The van der Waals surface area contributed by atoms with E-state index in [9.17, 15) is 5.21 Å². The fourth-order valence-electron chi connectivity index (χ4n) is 1.05. The molecular weight excluding hydrogens is 166 g/mol. The fourth-order valence-corrected chi connectivity index (χ4v) is 1.05. The number of hydroxylamine groups is 2. The van der Waals surface area contributed by atoms with E-state index in [1.54, 1.807) is 6.21 Å². The zero-order valence-electron chi connectivity index (χ0n) is 6.96. The molecule has 1 aromatic carbocycles. The molecule has 1 heterocycles. The molecule has 13 heavy (non-hydrogen) atoms. The fraction of sp³-hybridized carbons (Fsp3) is 0.111. The van der Waals surface area contributed by atoms with Gasteiger partial charge in [-0.1, -0.05) is 18.2 Å². The maximum atomic E-state index is 9.23. The SMILES string of the molecule is ON1CC=NC1=Nc1ccccc1. The number of benzene rings is 1. The topological polar surface area (TPSA) is 48.2 Å². The Labute approximate surface area is 75.8 Å². The summed E-state index contributed by atoms with van der Waals surface area (Å²) < 4.78 is 0. The number of para-hydroxylation sites is 1. The summed E-state index contributed by atoms with van der Waals surface area (Å²) in [7, 11) is 0. The first-order chi connectivity index (χ1) is 6.36. The molecule has 1 aliphatic heterocycles. The van der Waals surface area contributed by atoms with Crippen LogP contribution in [0.1, 0.15) is 0 Å². The molecule has 0 spiro atoms. The predicted octanol–water partition coefficient (Wildman–Crippen LogP) is 1.45. The molecule has 0 fully saturated rings. The van der Waals surface area contributed by atoms with Gasteiger partial charge in [0.1, 0.15) is 0 Å². The Balaban J connectivity index is 2.25. The van der Waals surface area contributed by atoms with Crippen LogP contribution < -0.4 is 0 Å². The first-order valence-corrected chi connectivity index (χ1v) is 3.99. The zero-order valence-corrected chi connectivity index (χ0v) is 6.96. The lowest BCUT2D eigenvalue weighted by molar-refractivity contribution is 0.00528. The summed E-state index contributed by atoms with van der Waals surface area (Å²) >= 11 is 0. The van der Waals surface area contributed by atoms with Crippen LogP contribution in [0.3, 0.4) is 0 Å². The van der Waals surface area contributed by atoms with Crippen molar-refractivity contribution in [3.8, 4) is 0 Å². The molecule has 1 aromatic rings. The van der Waals surface area contributed by atoms with Crippen LogP contribution in [0.25, 0.3) is 0 Å². The van der Waals surface area contributed by atoms with Crippen LogP contribution in [0.5, 0.6) is 0 Å². The third-order valence-electron chi connectivity index (χ3n) is 1.68. The summed E-state index contributed by atoms with van der Waals surface area (Å²) in [5.74, 6) is 0.339. The van der Waals surface area contributed by atoms with Crippen molar-refractivity contribution in [3.63, 3.8) is 0 Å². The average molecular weight is 175 g/mol. The van der Waals surface area contributed by atoms with Crippen molar-refractivity contribution >= 4 is 17.9 Å². The van der Waals surface area contributed by atoms with E-state index in [4.69, 9.17) is 0 Å². The second kappa shape index (κ2) is 3.37. The maximum Gasteiger partial charge on any atom is 0.250 e. The standard InChI is InChI=1S/C9H9N3O/c13-12-7-6-10-9(12)11-8-4-2-1-3-5-8/h1-6,13H,7H2. The highest BCUT2D eigenvalue weighted by Gasteiger charge is 2.10. The number of nitrogens with zero attached hydrogens (tertiary/aromatic N) is 3. The molecule has 0 aliphatic carbocycles. The highest BCUT2D eigenvalue weighted by molar-refractivity contribution is 5.94. The zero-order chi connectivity index (χ0) is 9.10. The quantitative estimate of drug-likeness (QED) is 0.702. The van der Waals surface area contributed by atoms with E-state index in [0.717, 1.165) is 10.8 Å². The molecule has 66 valence electrons. The van der Waals surface area contributed by atoms with E-state index in [-0.39, 0.29) is 0 Å². The van der Waals surface area contributed by atoms with Crippen molar-refractivity contribution < 1.29 is 5.21 Å². The minimum Gasteiger partial charge on any atom is -0.285 e. The molecule has 0 amide bonds. The molecular formula is C9H9N3O. The first-order valence-electron chi connectivity index (χ1n) is 3.99. The van der Waals surface area contributed by atoms with Gasteiger partial charge < -0.3 is 0 Å². The Morgan fingerprint density at radius 1 is 1.31 bits per heavy atom. The first kappa shape index (κ1) is 7.94. The summed E-state index contributed by atoms with van der Waals surface area (Å²) in [6.45, 7) is 0.408. The Bertz CT molecular complexity index is 345. The van der Waals surface area contributed by atoms with E-state index in [0.29, 0.717) is 12.5 Å². The third kappa shape index (κ3) is 1.73. The maximum absolute atomic E-state index is 9.23. The Morgan fingerprint density at radius 2 is 2.08 bits per heavy atom. The molecule has 2 rings (SSSR count). The van der Waals surface area contributed by atoms with Gasteiger partial charge in [0.2, 0.25) is 5.96 Å². The molecule has 0 saturated heterocycles. The van der Waals surface area contributed by atoms with Crippen molar-refractivity contribution in [2.24, 2.45) is 9.98 Å². The number of aliphatic imine (C=N–C) groups is 2. The lowest BCUT2D eigenvalue weighted by Crippen LogP contribution is -2.20. The summed E-state index contributed by atoms with van der Waals surface area (Å²) in [4.78, 5) is 8.05. The van der Waals surface area contributed by atoms with Gasteiger partial charge in [0.05, 0.1) is 12.2 Å². The molecule has 0 atom stereocenters. The number of hydrogen-bond acceptors (Lipinski definition) is 2. The van der Waals surface area contributed by atoms with Crippen LogP contribution >= 0.6 is 0 Å². The van der Waals surface area contributed by atoms with Crippen molar-refractivity contribution in [2.75, 3.05) is 6.54 Å². The lowest BCUT2D eigenvalue weighted by Gasteiger charge is -2.05. The highest BCUT2D eigenvalue weighted by Crippen LogP contribution is 2.12. The molecule has 4 heteroatoms. The lowest BCUT2D eigenvalue weighted by atomic mass is 10.3. The van der Waals surface area contributed by atoms with Gasteiger partial charge in [-0.15, -0.1) is 0 Å². The number of guanidine groups is 1. The summed E-state index contributed by atoms with van der Waals surface area (Å²) in [6, 6.07) is 9.40. The van der Waals surface area contributed by atoms with Gasteiger partial charge in [0, 0.05) is 6.21 Å². The van der Waals surface area contributed by atoms with Gasteiger partial charge in [0.25, 0.3) is 0 Å². The third-order valence-corrected chi connectivity index (χ3v) is 1.68. The summed E-state index contributed by atoms with van der Waals surface area (Å²) in [5, 5.41) is 10.2. The van der Waals surface area contributed by atoms with E-state index >= 15 is 0 Å². The summed E-state index contributed by atoms with van der Waals surface area (Å²) in [6.07, 6.45) is 1.61. The summed E-state index contributed by atoms with van der Waals surface area (Å²) in [5.41, 5.74) is 0.788. The van der Waals surface area contributed by atoms with Crippen LogP contribution in [0.15, 0.2) is 40.3 Å². The van der Waals surface area contributed by atoms with E-state index in [1.807, 2.05) is 30.3 Å². The molecule has 4 nitrogen and oxygen atoms in total. The molecule has 0 bridgehead atoms. The molecule has 0 unspecified atom stereocenters. The second-order valence-electron chi connectivity index (χ2n) is 2.64. The average Bonchev–Trinajstić information content (AvgIpc) is 2.54. The molecule has 1 aliphatic rings. The molecule has 0 radical (unpaired) electrons. The van der Waals surface area contributed by atoms with Crippen molar-refractivity contribution in [2.45, 2.75) is 0 Å². The van der Waals surface area contributed by atoms with Gasteiger partial charge >= 0.3 is 0 Å². The van der Waals surface area contributed by atoms with Gasteiger partial charge in [-0.05, 0) is 12.1 Å². The minimum absolute atomic E-state index is 0.339. The van der Waals surface area contributed by atoms with Crippen molar-refractivity contribution in [1.82, 2.24) is 5.06 Å². The molecule has 0 saturated carbocycles. The van der Waals surface area contributed by atoms with Crippen LogP contribution in [-0.2, 0) is 0 Å². The highest BCUT2D eigenvalue weighted by atomic mass is 16.5. The van der Waals surface area contributed by atoms with Gasteiger partial charge in [-0.25, -0.2) is 15.0 Å². The van der Waals surface area contributed by atoms with Crippen molar-refractivity contribution in [3.05, 3.63) is 30.3 Å². The predicted molar refractivity (Wildman–Crippen MR) is 50.5 cm³/mol. The van der Waals surface area contributed by atoms with Gasteiger partial charge in [-0.3, -0.25) is 5.21 Å². The monoisotopic (exact) mass is 175 g/mol. The van der Waals surface area contributed by atoms with Crippen LogP contribution in [0, 0.1) is 0 Å². The Hall–Kier alpha value is -1.68. The van der Waals surface area contributed by atoms with Crippen molar-refractivity contribution in [1.29, 1.82) is 0 Å². The Kier molecular flexibility index (Phi) is 2.06.